The molecular formula is C21H19ClFN5O2S2. The smallest absolute Gasteiger partial charge is 0.280 e. The molecule has 3 aromatic heterocycles. The lowest BCUT2D eigenvalue weighted by Crippen LogP contribution is -2.26. The van der Waals surface area contributed by atoms with Crippen molar-refractivity contribution in [2.75, 3.05) is 11.1 Å². The lowest BCUT2D eigenvalue weighted by Gasteiger charge is -2.12. The Kier molecular flexibility index (Phi) is 6.63. The van der Waals surface area contributed by atoms with E-state index in [9.17, 15) is 14.0 Å². The fourth-order valence-corrected chi connectivity index (χ4v) is 4.89. The highest BCUT2D eigenvalue weighted by Crippen LogP contribution is 2.23. The number of nitrogens with zero attached hydrogens (tertiary/aromatic N) is 4. The van der Waals surface area contributed by atoms with Gasteiger partial charge in [0.1, 0.15) is 11.3 Å². The minimum atomic E-state index is -0.558. The van der Waals surface area contributed by atoms with E-state index in [4.69, 9.17) is 11.6 Å². The van der Waals surface area contributed by atoms with Crippen LogP contribution in [-0.4, -0.2) is 31.0 Å². The molecule has 4 aromatic rings. The summed E-state index contributed by atoms with van der Waals surface area (Å²) in [5, 5.41) is 9.41. The third-order valence-corrected chi connectivity index (χ3v) is 6.84. The Labute approximate surface area is 196 Å². The van der Waals surface area contributed by atoms with Crippen LogP contribution < -0.4 is 10.9 Å². The Balaban J connectivity index is 1.64. The van der Waals surface area contributed by atoms with Crippen molar-refractivity contribution in [1.29, 1.82) is 0 Å². The van der Waals surface area contributed by atoms with Gasteiger partial charge in [0.05, 0.1) is 23.0 Å². The maximum absolute atomic E-state index is 13.4. The molecule has 3 heterocycles. The first-order chi connectivity index (χ1) is 15.4. The summed E-state index contributed by atoms with van der Waals surface area (Å²) in [4.78, 5) is 31.5. The number of benzene rings is 1. The molecule has 0 saturated carbocycles. The molecule has 0 unspecified atom stereocenters. The number of aryl methyl sites for hydroxylation is 2. The maximum Gasteiger partial charge on any atom is 0.280 e. The van der Waals surface area contributed by atoms with E-state index >= 15 is 0 Å². The second-order valence-electron chi connectivity index (χ2n) is 6.93. The quantitative estimate of drug-likeness (QED) is 0.303. The Morgan fingerprint density at radius 3 is 2.84 bits per heavy atom. The zero-order valence-electron chi connectivity index (χ0n) is 17.3. The van der Waals surface area contributed by atoms with Gasteiger partial charge < -0.3 is 5.32 Å². The van der Waals surface area contributed by atoms with Gasteiger partial charge in [-0.1, -0.05) is 29.4 Å². The fourth-order valence-electron chi connectivity index (χ4n) is 3.23. The zero-order chi connectivity index (χ0) is 22.8. The maximum atomic E-state index is 13.4. The van der Waals surface area contributed by atoms with Crippen LogP contribution in [0.2, 0.25) is 5.02 Å². The molecule has 0 atom stereocenters. The predicted octanol–water partition coefficient (Wildman–Crippen LogP) is 4.55. The average molecular weight is 492 g/mol. The molecule has 1 amide bonds. The fraction of sp³-hybridized carbons (Fsp3) is 0.238. The largest absolute Gasteiger partial charge is 0.325 e. The molecule has 166 valence electrons. The van der Waals surface area contributed by atoms with Gasteiger partial charge in [-0.05, 0) is 43.5 Å². The van der Waals surface area contributed by atoms with E-state index in [1.807, 2.05) is 31.4 Å². The van der Waals surface area contributed by atoms with Crippen molar-refractivity contribution in [3.8, 4) is 0 Å². The van der Waals surface area contributed by atoms with Crippen molar-refractivity contribution >= 4 is 57.3 Å². The Hall–Kier alpha value is -2.69. The van der Waals surface area contributed by atoms with Gasteiger partial charge in [-0.25, -0.2) is 9.37 Å². The molecule has 0 saturated heterocycles. The van der Waals surface area contributed by atoms with E-state index in [1.54, 1.807) is 20.6 Å². The van der Waals surface area contributed by atoms with Crippen molar-refractivity contribution in [3.63, 3.8) is 0 Å². The van der Waals surface area contributed by atoms with Gasteiger partial charge in [0, 0.05) is 17.1 Å². The summed E-state index contributed by atoms with van der Waals surface area (Å²) < 4.78 is 16.6. The highest BCUT2D eigenvalue weighted by molar-refractivity contribution is 7.99. The number of nitrogens with one attached hydrogen (secondary N) is 1. The van der Waals surface area contributed by atoms with Crippen molar-refractivity contribution in [2.24, 2.45) is 0 Å². The summed E-state index contributed by atoms with van der Waals surface area (Å²) in [6.07, 6.45) is 0. The predicted molar refractivity (Wildman–Crippen MR) is 126 cm³/mol. The standard InChI is InChI=1S/C21H19ClFN5O2S2/c1-3-28-19-18(12(2)26-28)25-21(27(20(19)30)10-14-5-4-8-31-14)32-11-17(29)24-13-6-7-16(23)15(22)9-13/h4-9H,3,10-11H2,1-2H3,(H,24,29). The van der Waals surface area contributed by atoms with E-state index in [1.165, 1.54) is 18.2 Å². The molecule has 0 aliphatic carbocycles. The second kappa shape index (κ2) is 9.43. The molecule has 0 aliphatic rings. The van der Waals surface area contributed by atoms with Crippen LogP contribution in [0.25, 0.3) is 11.0 Å². The van der Waals surface area contributed by atoms with Crippen LogP contribution in [0, 0.1) is 12.7 Å². The summed E-state index contributed by atoms with van der Waals surface area (Å²) in [5.41, 5.74) is 1.85. The van der Waals surface area contributed by atoms with Crippen molar-refractivity contribution in [2.45, 2.75) is 32.1 Å². The summed E-state index contributed by atoms with van der Waals surface area (Å²) in [7, 11) is 0. The summed E-state index contributed by atoms with van der Waals surface area (Å²) in [6.45, 7) is 4.63. The number of thiophene rings is 1. The molecule has 1 aromatic carbocycles. The van der Waals surface area contributed by atoms with Crippen molar-refractivity contribution in [1.82, 2.24) is 19.3 Å². The number of rotatable bonds is 7. The molecule has 4 rings (SSSR count). The number of anilines is 1. The van der Waals surface area contributed by atoms with E-state index < -0.39 is 5.82 Å². The van der Waals surface area contributed by atoms with Gasteiger partial charge in [0.15, 0.2) is 10.7 Å². The Morgan fingerprint density at radius 1 is 1.34 bits per heavy atom. The summed E-state index contributed by atoms with van der Waals surface area (Å²) in [6, 6.07) is 7.84. The van der Waals surface area contributed by atoms with Crippen molar-refractivity contribution < 1.29 is 9.18 Å². The molecule has 0 radical (unpaired) electrons. The van der Waals surface area contributed by atoms with Crippen LogP contribution in [-0.2, 0) is 17.9 Å². The number of thioether (sulfide) groups is 1. The number of aromatic nitrogens is 4. The molecular weight excluding hydrogens is 473 g/mol. The van der Waals surface area contributed by atoms with Gasteiger partial charge in [-0.3, -0.25) is 18.8 Å². The number of hydrogen-bond acceptors (Lipinski definition) is 6. The van der Waals surface area contributed by atoms with E-state index in [-0.39, 0.29) is 22.2 Å². The van der Waals surface area contributed by atoms with Gasteiger partial charge in [0.25, 0.3) is 5.56 Å². The van der Waals surface area contributed by atoms with Crippen LogP contribution in [0.1, 0.15) is 17.5 Å². The highest BCUT2D eigenvalue weighted by Gasteiger charge is 2.19. The average Bonchev–Trinajstić information content (AvgIpc) is 3.39. The minimum Gasteiger partial charge on any atom is -0.325 e. The molecule has 11 heteroatoms. The molecule has 0 spiro atoms. The Bertz CT molecular complexity index is 1350. The number of halogens is 2. The van der Waals surface area contributed by atoms with Crippen LogP contribution in [0.5, 0.6) is 0 Å². The molecule has 0 bridgehead atoms. The third-order valence-electron chi connectivity index (χ3n) is 4.71. The monoisotopic (exact) mass is 491 g/mol. The normalized spacial score (nSPS) is 11.2. The first kappa shape index (κ1) is 22.5. The molecule has 1 N–H and O–H groups in total. The minimum absolute atomic E-state index is 0.0122. The zero-order valence-corrected chi connectivity index (χ0v) is 19.7. The van der Waals surface area contributed by atoms with Gasteiger partial charge in [-0.15, -0.1) is 11.3 Å². The van der Waals surface area contributed by atoms with Gasteiger partial charge >= 0.3 is 0 Å². The summed E-state index contributed by atoms with van der Waals surface area (Å²) >= 11 is 8.48. The number of hydrogen-bond donors (Lipinski definition) is 1. The number of carbonyl (C=O) groups excluding carboxylic acids is 1. The lowest BCUT2D eigenvalue weighted by atomic mass is 10.3. The van der Waals surface area contributed by atoms with Gasteiger partial charge in [0.2, 0.25) is 5.91 Å². The number of amides is 1. The highest BCUT2D eigenvalue weighted by atomic mass is 35.5. The molecule has 0 fully saturated rings. The number of carbonyl (C=O) groups is 1. The second-order valence-corrected chi connectivity index (χ2v) is 9.31. The summed E-state index contributed by atoms with van der Waals surface area (Å²) in [5.74, 6) is -0.869. The molecule has 0 aliphatic heterocycles. The van der Waals surface area contributed by atoms with E-state index in [0.717, 1.165) is 16.6 Å². The first-order valence-electron chi connectivity index (χ1n) is 9.75. The SMILES string of the molecule is CCn1nc(C)c2nc(SCC(=O)Nc3ccc(F)c(Cl)c3)n(Cc3cccs3)c(=O)c21. The topological polar surface area (TPSA) is 81.8 Å². The Morgan fingerprint density at radius 2 is 2.16 bits per heavy atom. The molecule has 32 heavy (non-hydrogen) atoms. The van der Waals surface area contributed by atoms with Crippen LogP contribution in [0.3, 0.4) is 0 Å². The molecule has 7 nitrogen and oxygen atoms in total. The van der Waals surface area contributed by atoms with Crippen LogP contribution >= 0.6 is 34.7 Å². The third kappa shape index (κ3) is 4.57. The van der Waals surface area contributed by atoms with Crippen LogP contribution in [0.4, 0.5) is 10.1 Å². The number of fused-ring (bicyclic) bond motifs is 1. The van der Waals surface area contributed by atoms with Crippen molar-refractivity contribution in [3.05, 3.63) is 67.5 Å². The van der Waals surface area contributed by atoms with E-state index in [2.05, 4.69) is 15.4 Å². The van der Waals surface area contributed by atoms with Crippen LogP contribution in [0.15, 0.2) is 45.7 Å². The van der Waals surface area contributed by atoms with Gasteiger partial charge in [-0.2, -0.15) is 5.10 Å². The van der Waals surface area contributed by atoms with E-state index in [0.29, 0.717) is 40.7 Å². The lowest BCUT2D eigenvalue weighted by molar-refractivity contribution is -0.113. The first-order valence-corrected chi connectivity index (χ1v) is 12.0.